The van der Waals surface area contributed by atoms with Crippen molar-refractivity contribution in [1.29, 1.82) is 0 Å². The van der Waals surface area contributed by atoms with E-state index in [1.807, 2.05) is 30.5 Å². The molecule has 5 rings (SSSR count). The largest absolute Gasteiger partial charge is 0.511 e. The second-order valence-electron chi connectivity index (χ2n) is 11.0. The fraction of sp³-hybridized carbons (Fsp3) is 0.471. The molecule has 1 fully saturated rings. The molecule has 4 heteroatoms. The number of aliphatic hydroxyl groups excluding tert-OH is 1. The fourth-order valence-electron chi connectivity index (χ4n) is 6.45. The van der Waals surface area contributed by atoms with Gasteiger partial charge in [0.15, 0.2) is 5.78 Å². The zero-order valence-corrected chi connectivity index (χ0v) is 26.0. The van der Waals surface area contributed by atoms with Gasteiger partial charge in [-0.1, -0.05) is 51.5 Å². The average molecular weight is 689 g/mol. The Kier molecular flexibility index (Phi) is 10.1. The minimum absolute atomic E-state index is 0. The number of fused-ring (bicyclic) bond motifs is 2. The molecule has 3 aromatic rings. The Bertz CT molecular complexity index is 1270. The molecule has 0 bridgehead atoms. The number of rotatable bonds is 5. The van der Waals surface area contributed by atoms with Crippen molar-refractivity contribution in [2.75, 3.05) is 0 Å². The van der Waals surface area contributed by atoms with E-state index >= 15 is 0 Å². The second-order valence-corrected chi connectivity index (χ2v) is 11.0. The number of carbonyl (C=O) groups is 1. The predicted octanol–water partition coefficient (Wildman–Crippen LogP) is 9.19. The topological polar surface area (TPSA) is 50.2 Å². The number of carbonyl (C=O) groups excluding carboxylic acids is 1. The third kappa shape index (κ3) is 5.68. The summed E-state index contributed by atoms with van der Waals surface area (Å²) in [7, 11) is 0. The van der Waals surface area contributed by atoms with Gasteiger partial charge in [-0.3, -0.25) is 4.79 Å². The van der Waals surface area contributed by atoms with Crippen LogP contribution in [0.25, 0.3) is 22.0 Å². The molecule has 2 aliphatic carbocycles. The van der Waals surface area contributed by atoms with Gasteiger partial charge in [-0.25, -0.2) is 0 Å². The van der Waals surface area contributed by atoms with Gasteiger partial charge in [0.05, 0.1) is 0 Å². The summed E-state index contributed by atoms with van der Waals surface area (Å²) in [6, 6.07) is 19.6. The van der Waals surface area contributed by atoms with Crippen LogP contribution < -0.4 is 0 Å². The maximum Gasteiger partial charge on any atom is 0.168 e. The zero-order chi connectivity index (χ0) is 26.6. The average Bonchev–Trinajstić information content (AvgIpc) is 2.94. The van der Waals surface area contributed by atoms with Crippen LogP contribution in [0.1, 0.15) is 84.6 Å². The molecule has 1 unspecified atom stereocenters. The number of benzene rings is 2. The molecule has 1 atom stereocenters. The standard InChI is InChI=1S/C18H30O2.C16H12N.Ir/c1-5-17(6-2)11-9-13-10-12-18(7-3,8-4)16(20)14(13)15(17)19;1-12-7-8-14-10-16(17-11-15(14)9-12)13-5-3-2-4-6-13;/h13,19H,5-12H2,1-4H3;2-5,7-11H,1H3;/q;-1;. The first-order valence-corrected chi connectivity index (χ1v) is 14.1. The molecule has 38 heavy (non-hydrogen) atoms. The Morgan fingerprint density at radius 3 is 2.18 bits per heavy atom. The van der Waals surface area contributed by atoms with Crippen LogP contribution in [-0.2, 0) is 24.9 Å². The van der Waals surface area contributed by atoms with Crippen molar-refractivity contribution < 1.29 is 30.0 Å². The van der Waals surface area contributed by atoms with Crippen molar-refractivity contribution in [2.45, 2.75) is 86.0 Å². The van der Waals surface area contributed by atoms with Crippen molar-refractivity contribution in [3.05, 3.63) is 77.7 Å². The maximum absolute atomic E-state index is 13.1. The summed E-state index contributed by atoms with van der Waals surface area (Å²) in [5.41, 5.74) is 3.75. The number of aryl methyl sites for hydroxylation is 1. The first-order chi connectivity index (χ1) is 17.8. The van der Waals surface area contributed by atoms with Crippen LogP contribution in [0, 0.1) is 29.7 Å². The van der Waals surface area contributed by atoms with Gasteiger partial charge in [-0.2, -0.15) is 0 Å². The van der Waals surface area contributed by atoms with Crippen LogP contribution in [0.15, 0.2) is 66.1 Å². The maximum atomic E-state index is 13.1. The number of Topliss-reactive ketones (excluding diaryl/α,β-unsaturated/α-hetero) is 1. The van der Waals surface area contributed by atoms with Crippen molar-refractivity contribution >= 4 is 16.6 Å². The summed E-state index contributed by atoms with van der Waals surface area (Å²) in [4.78, 5) is 17.5. The summed E-state index contributed by atoms with van der Waals surface area (Å²) < 4.78 is 0. The molecule has 3 nitrogen and oxygen atoms in total. The van der Waals surface area contributed by atoms with Gasteiger partial charge >= 0.3 is 0 Å². The monoisotopic (exact) mass is 689 g/mol. The number of aromatic nitrogens is 1. The molecule has 2 aliphatic rings. The van der Waals surface area contributed by atoms with Crippen LogP contribution in [0.2, 0.25) is 0 Å². The summed E-state index contributed by atoms with van der Waals surface area (Å²) in [5, 5.41) is 13.3. The predicted molar refractivity (Wildman–Crippen MR) is 153 cm³/mol. The SMILES string of the molecule is CCC1(CC)CCC2CCC(CC)(CC)C(O)=C2C1=O.Cc1ccc2cc(-c3[c-]cccc3)ncc2c1.[Ir]. The Labute approximate surface area is 242 Å². The summed E-state index contributed by atoms with van der Waals surface area (Å²) in [5.74, 6) is 1.04. The summed E-state index contributed by atoms with van der Waals surface area (Å²) in [6.07, 6.45) is 9.80. The van der Waals surface area contributed by atoms with E-state index in [4.69, 9.17) is 0 Å². The number of nitrogens with zero attached hydrogens (tertiary/aromatic N) is 1. The molecular weight excluding hydrogens is 647 g/mol. The van der Waals surface area contributed by atoms with E-state index in [2.05, 4.69) is 69.9 Å². The molecule has 1 heterocycles. The van der Waals surface area contributed by atoms with E-state index in [0.29, 0.717) is 11.7 Å². The molecule has 1 saturated carbocycles. The molecule has 205 valence electrons. The van der Waals surface area contributed by atoms with Crippen molar-refractivity contribution in [1.82, 2.24) is 4.98 Å². The van der Waals surface area contributed by atoms with E-state index in [1.54, 1.807) is 0 Å². The van der Waals surface area contributed by atoms with Gasteiger partial charge in [-0.15, -0.1) is 35.9 Å². The molecule has 1 radical (unpaired) electrons. The van der Waals surface area contributed by atoms with Gasteiger partial charge in [0.25, 0.3) is 0 Å². The molecule has 0 aliphatic heterocycles. The number of ketones is 1. The van der Waals surface area contributed by atoms with Crippen LogP contribution in [0.4, 0.5) is 0 Å². The van der Waals surface area contributed by atoms with Crippen LogP contribution >= 0.6 is 0 Å². The van der Waals surface area contributed by atoms with Crippen molar-refractivity contribution in [3.63, 3.8) is 0 Å². The van der Waals surface area contributed by atoms with Crippen LogP contribution in [0.3, 0.4) is 0 Å². The zero-order valence-electron chi connectivity index (χ0n) is 23.6. The third-order valence-electron chi connectivity index (χ3n) is 9.40. The molecular formula is C34H42IrNO2-. The number of allylic oxidation sites excluding steroid dienone is 2. The van der Waals surface area contributed by atoms with Crippen LogP contribution in [0.5, 0.6) is 0 Å². The minimum Gasteiger partial charge on any atom is -0.511 e. The van der Waals surface area contributed by atoms with Gasteiger partial charge in [0.2, 0.25) is 0 Å². The smallest absolute Gasteiger partial charge is 0.168 e. The summed E-state index contributed by atoms with van der Waals surface area (Å²) >= 11 is 0. The normalized spacial score (nSPS) is 19.7. The molecule has 2 aromatic carbocycles. The van der Waals surface area contributed by atoms with Crippen LogP contribution in [-0.4, -0.2) is 15.9 Å². The van der Waals surface area contributed by atoms with Crippen molar-refractivity contribution in [2.24, 2.45) is 16.7 Å². The molecule has 1 N–H and O–H groups in total. The van der Waals surface area contributed by atoms with E-state index in [1.165, 1.54) is 16.3 Å². The number of aliphatic hydroxyl groups is 1. The fourth-order valence-corrected chi connectivity index (χ4v) is 6.45. The number of hydrogen-bond donors (Lipinski definition) is 1. The number of hydrogen-bond acceptors (Lipinski definition) is 3. The Morgan fingerprint density at radius 2 is 1.58 bits per heavy atom. The first kappa shape index (κ1) is 30.3. The summed E-state index contributed by atoms with van der Waals surface area (Å²) in [6.45, 7) is 10.6. The van der Waals surface area contributed by atoms with Gasteiger partial charge < -0.3 is 10.1 Å². The van der Waals surface area contributed by atoms with E-state index < -0.39 is 0 Å². The van der Waals surface area contributed by atoms with E-state index in [-0.39, 0.29) is 36.7 Å². The molecule has 0 spiro atoms. The van der Waals surface area contributed by atoms with E-state index in [0.717, 1.165) is 68.2 Å². The Morgan fingerprint density at radius 1 is 0.921 bits per heavy atom. The van der Waals surface area contributed by atoms with Gasteiger partial charge in [0, 0.05) is 42.7 Å². The number of pyridine rings is 1. The van der Waals surface area contributed by atoms with Gasteiger partial charge in [-0.05, 0) is 86.7 Å². The minimum atomic E-state index is -0.204. The Balaban J connectivity index is 0.000000207. The van der Waals surface area contributed by atoms with Gasteiger partial charge in [0.1, 0.15) is 5.76 Å². The first-order valence-electron chi connectivity index (χ1n) is 14.1. The quantitative estimate of drug-likeness (QED) is 0.272. The Hall–Kier alpha value is -2.29. The molecule has 0 amide bonds. The molecule has 0 saturated heterocycles. The third-order valence-corrected chi connectivity index (χ3v) is 9.40. The van der Waals surface area contributed by atoms with E-state index in [9.17, 15) is 9.90 Å². The molecule has 1 aromatic heterocycles. The van der Waals surface area contributed by atoms with Crippen molar-refractivity contribution in [3.8, 4) is 11.3 Å². The second kappa shape index (κ2) is 12.7.